The molecule has 0 spiro atoms. The van der Waals surface area contributed by atoms with Crippen LogP contribution in [-0.4, -0.2) is 32.6 Å². The molecule has 1 unspecified atom stereocenters. The van der Waals surface area contributed by atoms with Gasteiger partial charge in [0.2, 0.25) is 0 Å². The Bertz CT molecular complexity index is 1290. The summed E-state index contributed by atoms with van der Waals surface area (Å²) in [6.07, 6.45) is 2.63. The molecule has 170 valence electrons. The van der Waals surface area contributed by atoms with Crippen molar-refractivity contribution in [3.8, 4) is 11.1 Å². The molecule has 1 atom stereocenters. The van der Waals surface area contributed by atoms with Gasteiger partial charge in [0, 0.05) is 29.6 Å². The summed E-state index contributed by atoms with van der Waals surface area (Å²) < 4.78 is 14.3. The molecule has 33 heavy (non-hydrogen) atoms. The average molecular weight is 464 g/mol. The maximum Gasteiger partial charge on any atom is 0.260 e. The summed E-state index contributed by atoms with van der Waals surface area (Å²) in [4.78, 5) is 23.2. The summed E-state index contributed by atoms with van der Waals surface area (Å²) in [7, 11) is 0. The van der Waals surface area contributed by atoms with Crippen molar-refractivity contribution in [3.63, 3.8) is 0 Å². The second-order valence-electron chi connectivity index (χ2n) is 8.00. The third-order valence-electron chi connectivity index (χ3n) is 5.45. The average Bonchev–Trinajstić information content (AvgIpc) is 3.23. The van der Waals surface area contributed by atoms with Crippen molar-refractivity contribution < 1.29 is 9.50 Å². The number of thiophene rings is 1. The number of H-pyrrole nitrogens is 1. The van der Waals surface area contributed by atoms with Crippen LogP contribution in [-0.2, 0) is 13.1 Å². The van der Waals surface area contributed by atoms with Crippen LogP contribution >= 0.6 is 11.3 Å². The number of aliphatic hydroxyl groups excluding tert-OH is 1. The van der Waals surface area contributed by atoms with Gasteiger partial charge < -0.3 is 10.1 Å². The fourth-order valence-corrected chi connectivity index (χ4v) is 4.84. The van der Waals surface area contributed by atoms with Crippen LogP contribution in [0.1, 0.15) is 24.2 Å². The lowest BCUT2D eigenvalue weighted by molar-refractivity contribution is 0.0970. The first-order valence-corrected chi connectivity index (χ1v) is 11.7. The molecule has 0 fully saturated rings. The first-order chi connectivity index (χ1) is 16.0. The molecule has 0 amide bonds. The fraction of sp³-hybridized carbons (Fsp3) is 0.231. The summed E-state index contributed by atoms with van der Waals surface area (Å²) in [6.45, 7) is 5.14. The number of halogens is 1. The van der Waals surface area contributed by atoms with Gasteiger partial charge in [-0.2, -0.15) is 0 Å². The number of nitrogens with zero attached hydrogens (tertiary/aromatic N) is 2. The highest BCUT2D eigenvalue weighted by Gasteiger charge is 2.18. The van der Waals surface area contributed by atoms with Crippen LogP contribution in [0.15, 0.2) is 77.4 Å². The number of aromatic nitrogens is 2. The minimum absolute atomic E-state index is 0.290. The van der Waals surface area contributed by atoms with Gasteiger partial charge in [0.1, 0.15) is 16.5 Å². The van der Waals surface area contributed by atoms with E-state index in [0.29, 0.717) is 53.2 Å². The molecule has 2 heterocycles. The number of aliphatic hydroxyl groups is 1. The molecule has 0 radical (unpaired) electrons. The smallest absolute Gasteiger partial charge is 0.260 e. The zero-order chi connectivity index (χ0) is 23.2. The number of rotatable bonds is 10. The molecule has 2 N–H and O–H groups in total. The Balaban J connectivity index is 1.62. The van der Waals surface area contributed by atoms with Crippen molar-refractivity contribution in [2.24, 2.45) is 0 Å². The molecule has 0 aliphatic carbocycles. The molecule has 7 heteroatoms. The molecule has 0 bridgehead atoms. The molecular formula is C26H26FN3O2S. The van der Waals surface area contributed by atoms with Crippen molar-refractivity contribution in [3.05, 3.63) is 100 Å². The van der Waals surface area contributed by atoms with Crippen molar-refractivity contribution in [1.29, 1.82) is 0 Å². The van der Waals surface area contributed by atoms with E-state index in [1.165, 1.54) is 17.4 Å². The highest BCUT2D eigenvalue weighted by molar-refractivity contribution is 7.17. The van der Waals surface area contributed by atoms with Crippen molar-refractivity contribution in [2.45, 2.75) is 32.0 Å². The number of fused-ring (bicyclic) bond motifs is 1. The lowest BCUT2D eigenvalue weighted by Gasteiger charge is -2.24. The second-order valence-corrected chi connectivity index (χ2v) is 8.86. The maximum absolute atomic E-state index is 14.3. The third kappa shape index (κ3) is 5.63. The number of hydrogen-bond donors (Lipinski definition) is 2. The second kappa shape index (κ2) is 10.7. The first kappa shape index (κ1) is 23.0. The van der Waals surface area contributed by atoms with E-state index < -0.39 is 6.10 Å². The molecule has 0 saturated carbocycles. The SMILES string of the molecule is C=CCCC(O)CN(Cc1ccccc1)Cc1nc2scc(-c3ccccc3F)c2c(=O)[nH]1. The topological polar surface area (TPSA) is 69.2 Å². The normalized spacial score (nSPS) is 12.3. The Hall–Kier alpha value is -3.13. The Morgan fingerprint density at radius 2 is 1.88 bits per heavy atom. The maximum atomic E-state index is 14.3. The largest absolute Gasteiger partial charge is 0.392 e. The molecule has 4 rings (SSSR count). The van der Waals surface area contributed by atoms with Gasteiger partial charge in [0.05, 0.1) is 18.0 Å². The zero-order valence-electron chi connectivity index (χ0n) is 18.2. The number of allylic oxidation sites excluding steroid dienone is 1. The van der Waals surface area contributed by atoms with Crippen molar-refractivity contribution >= 4 is 21.6 Å². The van der Waals surface area contributed by atoms with E-state index in [1.54, 1.807) is 29.7 Å². The number of aromatic amines is 1. The van der Waals surface area contributed by atoms with Gasteiger partial charge >= 0.3 is 0 Å². The van der Waals surface area contributed by atoms with Crippen molar-refractivity contribution in [2.75, 3.05) is 6.54 Å². The highest BCUT2D eigenvalue weighted by atomic mass is 32.1. The van der Waals surface area contributed by atoms with Gasteiger partial charge in [0.15, 0.2) is 0 Å². The molecule has 2 aromatic heterocycles. The van der Waals surface area contributed by atoms with Crippen LogP contribution < -0.4 is 5.56 Å². The van der Waals surface area contributed by atoms with E-state index in [9.17, 15) is 14.3 Å². The Labute approximate surface area is 195 Å². The van der Waals surface area contributed by atoms with Crippen LogP contribution in [0.25, 0.3) is 21.3 Å². The molecule has 2 aromatic carbocycles. The van der Waals surface area contributed by atoms with Crippen LogP contribution in [0, 0.1) is 5.82 Å². The van der Waals surface area contributed by atoms with Gasteiger partial charge in [-0.3, -0.25) is 9.69 Å². The van der Waals surface area contributed by atoms with Crippen LogP contribution in [0.4, 0.5) is 4.39 Å². The molecule has 4 aromatic rings. The standard InChI is InChI=1S/C26H26FN3O2S/c1-2-3-11-19(31)15-30(14-18-9-5-4-6-10-18)16-23-28-25(32)24-21(17-33-26(24)29-23)20-12-7-8-13-22(20)27/h2,4-10,12-13,17,19,31H,1,3,11,14-16H2,(H,28,29,32). The van der Waals surface area contributed by atoms with Gasteiger partial charge in [-0.15, -0.1) is 17.9 Å². The van der Waals surface area contributed by atoms with E-state index >= 15 is 0 Å². The minimum Gasteiger partial charge on any atom is -0.392 e. The quantitative estimate of drug-likeness (QED) is 0.320. The predicted molar refractivity (Wildman–Crippen MR) is 132 cm³/mol. The summed E-state index contributed by atoms with van der Waals surface area (Å²) in [6, 6.07) is 16.4. The van der Waals surface area contributed by atoms with Gasteiger partial charge in [-0.05, 0) is 24.5 Å². The highest BCUT2D eigenvalue weighted by Crippen LogP contribution is 2.32. The Morgan fingerprint density at radius 3 is 2.64 bits per heavy atom. The van der Waals surface area contributed by atoms with Crippen LogP contribution in [0.5, 0.6) is 0 Å². The van der Waals surface area contributed by atoms with E-state index in [1.807, 2.05) is 30.3 Å². The van der Waals surface area contributed by atoms with Crippen LogP contribution in [0.3, 0.4) is 0 Å². The molecule has 0 saturated heterocycles. The molecule has 5 nitrogen and oxygen atoms in total. The monoisotopic (exact) mass is 463 g/mol. The summed E-state index contributed by atoms with van der Waals surface area (Å²) in [5.41, 5.74) is 1.76. The zero-order valence-corrected chi connectivity index (χ0v) is 19.0. The number of nitrogens with one attached hydrogen (secondary N) is 1. The van der Waals surface area contributed by atoms with Crippen molar-refractivity contribution in [1.82, 2.24) is 14.9 Å². The lowest BCUT2D eigenvalue weighted by atomic mass is 10.1. The molecule has 0 aliphatic heterocycles. The minimum atomic E-state index is -0.517. The van der Waals surface area contributed by atoms with E-state index in [2.05, 4.69) is 21.4 Å². The van der Waals surface area contributed by atoms with E-state index in [0.717, 1.165) is 12.0 Å². The number of benzene rings is 2. The Morgan fingerprint density at radius 1 is 1.12 bits per heavy atom. The lowest BCUT2D eigenvalue weighted by Crippen LogP contribution is -2.33. The van der Waals surface area contributed by atoms with E-state index in [-0.39, 0.29) is 11.4 Å². The summed E-state index contributed by atoms with van der Waals surface area (Å²) in [5.74, 6) is 0.143. The Kier molecular flexibility index (Phi) is 7.44. The third-order valence-corrected chi connectivity index (χ3v) is 6.32. The fourth-order valence-electron chi connectivity index (χ4n) is 3.88. The van der Waals surface area contributed by atoms with E-state index in [4.69, 9.17) is 0 Å². The number of hydrogen-bond acceptors (Lipinski definition) is 5. The molecular weight excluding hydrogens is 437 g/mol. The summed E-state index contributed by atoms with van der Waals surface area (Å²) >= 11 is 1.33. The predicted octanol–water partition coefficient (Wildman–Crippen LogP) is 5.12. The van der Waals surface area contributed by atoms with Gasteiger partial charge in [0.25, 0.3) is 5.56 Å². The van der Waals surface area contributed by atoms with Gasteiger partial charge in [-0.1, -0.05) is 54.6 Å². The summed E-state index contributed by atoms with van der Waals surface area (Å²) in [5, 5.41) is 12.6. The first-order valence-electron chi connectivity index (χ1n) is 10.9. The van der Waals surface area contributed by atoms with Crippen LogP contribution in [0.2, 0.25) is 0 Å². The molecule has 0 aliphatic rings. The van der Waals surface area contributed by atoms with Gasteiger partial charge in [-0.25, -0.2) is 9.37 Å².